The number of rotatable bonds is 11. The van der Waals surface area contributed by atoms with Crippen molar-refractivity contribution < 1.29 is 17.9 Å². The van der Waals surface area contributed by atoms with Gasteiger partial charge in [0, 0.05) is 37.6 Å². The Balaban J connectivity index is 1.47. The Labute approximate surface area is 235 Å². The third-order valence-electron chi connectivity index (χ3n) is 8.75. The van der Waals surface area contributed by atoms with Crippen LogP contribution >= 0.6 is 0 Å². The van der Waals surface area contributed by atoms with Crippen molar-refractivity contribution in [3.8, 4) is 0 Å². The summed E-state index contributed by atoms with van der Waals surface area (Å²) in [6, 6.07) is 20.5. The van der Waals surface area contributed by atoms with E-state index < -0.39 is 10.0 Å². The number of piperidine rings is 2. The van der Waals surface area contributed by atoms with E-state index in [1.807, 2.05) is 48.2 Å². The van der Waals surface area contributed by atoms with Crippen LogP contribution in [0.15, 0.2) is 60.7 Å². The number of amides is 1. The molecule has 4 rings (SSSR count). The molecule has 2 heterocycles. The number of carbonyl (C=O) groups excluding carboxylic acids is 1. The third-order valence-corrected chi connectivity index (χ3v) is 10.6. The van der Waals surface area contributed by atoms with Crippen LogP contribution in [0.3, 0.4) is 0 Å². The molecule has 0 radical (unpaired) electrons. The second-order valence-electron chi connectivity index (χ2n) is 11.0. The molecule has 7 nitrogen and oxygen atoms in total. The summed E-state index contributed by atoms with van der Waals surface area (Å²) in [5.41, 5.74) is 2.03. The van der Waals surface area contributed by atoms with Crippen LogP contribution in [0, 0.1) is 5.92 Å². The zero-order chi connectivity index (χ0) is 27.7. The Kier molecular flexibility index (Phi) is 10.4. The van der Waals surface area contributed by atoms with Gasteiger partial charge >= 0.3 is 6.09 Å². The first-order chi connectivity index (χ1) is 18.9. The van der Waals surface area contributed by atoms with Gasteiger partial charge in [-0.25, -0.2) is 17.5 Å². The van der Waals surface area contributed by atoms with Gasteiger partial charge in [-0.15, -0.1) is 0 Å². The van der Waals surface area contributed by atoms with Crippen molar-refractivity contribution in [1.82, 2.24) is 14.5 Å². The monoisotopic (exact) mass is 555 g/mol. The van der Waals surface area contributed by atoms with E-state index in [4.69, 9.17) is 4.74 Å². The molecule has 2 saturated heterocycles. The molecule has 0 aromatic heterocycles. The Morgan fingerprint density at radius 1 is 1.03 bits per heavy atom. The minimum Gasteiger partial charge on any atom is -0.445 e. The maximum absolute atomic E-state index is 13.5. The summed E-state index contributed by atoms with van der Waals surface area (Å²) in [5, 5.41) is 3.65. The largest absolute Gasteiger partial charge is 0.445 e. The number of sulfonamides is 1. The fourth-order valence-electron chi connectivity index (χ4n) is 6.51. The number of ether oxygens (including phenoxy) is 1. The maximum atomic E-state index is 13.5. The smallest absolute Gasteiger partial charge is 0.410 e. The first-order valence-corrected chi connectivity index (χ1v) is 16.2. The Morgan fingerprint density at radius 2 is 1.69 bits per heavy atom. The van der Waals surface area contributed by atoms with E-state index in [0.717, 1.165) is 57.2 Å². The second-order valence-corrected chi connectivity index (χ2v) is 13.2. The zero-order valence-electron chi connectivity index (χ0n) is 23.6. The van der Waals surface area contributed by atoms with E-state index in [9.17, 15) is 13.2 Å². The van der Waals surface area contributed by atoms with Gasteiger partial charge in [0.1, 0.15) is 6.61 Å². The van der Waals surface area contributed by atoms with Crippen molar-refractivity contribution in [2.24, 2.45) is 5.92 Å². The van der Waals surface area contributed by atoms with Crippen LogP contribution in [0.5, 0.6) is 0 Å². The highest BCUT2D eigenvalue weighted by atomic mass is 32.2. The molecule has 0 spiro atoms. The molecule has 2 aromatic carbocycles. The van der Waals surface area contributed by atoms with E-state index in [0.29, 0.717) is 25.6 Å². The Bertz CT molecular complexity index is 1140. The van der Waals surface area contributed by atoms with Gasteiger partial charge in [0.25, 0.3) is 0 Å². The van der Waals surface area contributed by atoms with Gasteiger partial charge < -0.3 is 15.0 Å². The summed E-state index contributed by atoms with van der Waals surface area (Å²) >= 11 is 0. The van der Waals surface area contributed by atoms with Crippen LogP contribution in [0.25, 0.3) is 0 Å². The van der Waals surface area contributed by atoms with Crippen LogP contribution in [0.1, 0.15) is 63.5 Å². The predicted molar refractivity (Wildman–Crippen MR) is 156 cm³/mol. The van der Waals surface area contributed by atoms with Crippen LogP contribution in [-0.2, 0) is 26.8 Å². The molecular formula is C31H45N3O4S. The van der Waals surface area contributed by atoms with Gasteiger partial charge in [-0.1, -0.05) is 73.5 Å². The first-order valence-electron chi connectivity index (χ1n) is 14.6. The SMILES string of the molecule is CCN(C(=O)OCc1ccccc1)C1CCNCC1(CCCC1CCN(S(=O)(=O)CC)CC1)c1ccccc1. The fourth-order valence-corrected chi connectivity index (χ4v) is 7.64. The number of hydrogen-bond donors (Lipinski definition) is 1. The van der Waals surface area contributed by atoms with Crippen molar-refractivity contribution in [2.75, 3.05) is 38.5 Å². The molecule has 1 N–H and O–H groups in total. The summed E-state index contributed by atoms with van der Waals surface area (Å²) in [6.45, 7) is 7.57. The van der Waals surface area contributed by atoms with E-state index in [2.05, 4.69) is 29.6 Å². The van der Waals surface area contributed by atoms with E-state index in [1.54, 1.807) is 11.2 Å². The molecule has 8 heteroatoms. The number of hydrogen-bond acceptors (Lipinski definition) is 5. The maximum Gasteiger partial charge on any atom is 0.410 e. The van der Waals surface area contributed by atoms with Crippen molar-refractivity contribution in [3.63, 3.8) is 0 Å². The molecule has 2 aliphatic rings. The van der Waals surface area contributed by atoms with Gasteiger partial charge in [-0.2, -0.15) is 0 Å². The number of nitrogens with one attached hydrogen (secondary N) is 1. The molecule has 0 bridgehead atoms. The molecule has 2 atom stereocenters. The predicted octanol–water partition coefficient (Wildman–Crippen LogP) is 5.18. The van der Waals surface area contributed by atoms with Crippen LogP contribution in [0.2, 0.25) is 0 Å². The van der Waals surface area contributed by atoms with Crippen molar-refractivity contribution >= 4 is 16.1 Å². The Hall–Kier alpha value is -2.42. The average Bonchev–Trinajstić information content (AvgIpc) is 2.98. The van der Waals surface area contributed by atoms with E-state index >= 15 is 0 Å². The highest BCUT2D eigenvalue weighted by Crippen LogP contribution is 2.40. The molecule has 2 aromatic rings. The van der Waals surface area contributed by atoms with Crippen molar-refractivity contribution in [1.29, 1.82) is 0 Å². The highest BCUT2D eigenvalue weighted by Gasteiger charge is 2.46. The standard InChI is InChI=1S/C31H45N3O4S/c1-3-34(30(35)38-24-27-12-7-5-8-13-27)29-17-21-32-25-31(29,28-15-9-6-10-16-28)20-11-14-26-18-22-33(23-19-26)39(36,37)4-2/h5-10,12-13,15-16,26,29,32H,3-4,11,14,17-25H2,1-2H3. The minimum atomic E-state index is -3.10. The molecule has 2 unspecified atom stereocenters. The molecule has 214 valence electrons. The molecule has 2 aliphatic heterocycles. The van der Waals surface area contributed by atoms with Gasteiger partial charge in [0.2, 0.25) is 10.0 Å². The van der Waals surface area contributed by atoms with Crippen molar-refractivity contribution in [2.45, 2.75) is 70.4 Å². The highest BCUT2D eigenvalue weighted by molar-refractivity contribution is 7.89. The lowest BCUT2D eigenvalue weighted by atomic mass is 9.67. The number of benzene rings is 2. The van der Waals surface area contributed by atoms with Crippen LogP contribution < -0.4 is 5.32 Å². The lowest BCUT2D eigenvalue weighted by molar-refractivity contribution is 0.0463. The second kappa shape index (κ2) is 13.8. The number of carbonyl (C=O) groups is 1. The van der Waals surface area contributed by atoms with Gasteiger partial charge in [0.15, 0.2) is 0 Å². The van der Waals surface area contributed by atoms with Gasteiger partial charge in [-0.05, 0) is 63.1 Å². The quantitative estimate of drug-likeness (QED) is 0.414. The summed E-state index contributed by atoms with van der Waals surface area (Å²) in [6.07, 6.45) is 5.54. The van der Waals surface area contributed by atoms with E-state index in [-0.39, 0.29) is 29.9 Å². The van der Waals surface area contributed by atoms with Crippen LogP contribution in [0.4, 0.5) is 4.79 Å². The van der Waals surface area contributed by atoms with Crippen molar-refractivity contribution in [3.05, 3.63) is 71.8 Å². The van der Waals surface area contributed by atoms with E-state index in [1.165, 1.54) is 5.56 Å². The molecular weight excluding hydrogens is 510 g/mol. The zero-order valence-corrected chi connectivity index (χ0v) is 24.4. The third kappa shape index (κ3) is 7.21. The summed E-state index contributed by atoms with van der Waals surface area (Å²) < 4.78 is 32.0. The average molecular weight is 556 g/mol. The van der Waals surface area contributed by atoms with Crippen LogP contribution in [-0.4, -0.2) is 68.2 Å². The topological polar surface area (TPSA) is 79.0 Å². The molecule has 2 fully saturated rings. The summed E-state index contributed by atoms with van der Waals surface area (Å²) in [5.74, 6) is 0.710. The molecule has 0 aliphatic carbocycles. The number of likely N-dealkylation sites (N-methyl/N-ethyl adjacent to an activating group) is 1. The fraction of sp³-hybridized carbons (Fsp3) is 0.581. The molecule has 0 saturated carbocycles. The lowest BCUT2D eigenvalue weighted by Gasteiger charge is -2.49. The lowest BCUT2D eigenvalue weighted by Crippen LogP contribution is -2.61. The van der Waals surface area contributed by atoms with Gasteiger partial charge in [0.05, 0.1) is 5.75 Å². The molecule has 39 heavy (non-hydrogen) atoms. The number of nitrogens with zero attached hydrogens (tertiary/aromatic N) is 2. The van der Waals surface area contributed by atoms with Gasteiger partial charge in [-0.3, -0.25) is 0 Å². The normalized spacial score (nSPS) is 22.9. The summed E-state index contributed by atoms with van der Waals surface area (Å²) in [4.78, 5) is 15.4. The molecule has 1 amide bonds. The minimum absolute atomic E-state index is 0.0333. The first kappa shape index (κ1) is 29.6. The summed E-state index contributed by atoms with van der Waals surface area (Å²) in [7, 11) is -3.10. The Morgan fingerprint density at radius 3 is 2.33 bits per heavy atom.